The van der Waals surface area contributed by atoms with Gasteiger partial charge in [-0.15, -0.1) is 0 Å². The molecular weight excluding hydrogens is 264 g/mol. The van der Waals surface area contributed by atoms with E-state index in [-0.39, 0.29) is 0 Å². The van der Waals surface area contributed by atoms with Crippen LogP contribution in [0.15, 0.2) is 23.2 Å². The maximum atomic E-state index is 4.61. The van der Waals surface area contributed by atoms with Crippen LogP contribution in [0.1, 0.15) is 18.2 Å². The Hall–Kier alpha value is -2.21. The Morgan fingerprint density at radius 3 is 2.86 bits per heavy atom. The van der Waals surface area contributed by atoms with Gasteiger partial charge in [0, 0.05) is 5.39 Å². The van der Waals surface area contributed by atoms with Crippen LogP contribution >= 0.6 is 0 Å². The van der Waals surface area contributed by atoms with Crippen molar-refractivity contribution in [1.29, 1.82) is 0 Å². The standard InChI is InChI=1S/C15H20N6/c1-4-21-8-16-14(17-9-21)20-15-18-11(3)12-7-5-6-10(2)13(12)19-15/h5-7H,4,8-9H2,1-3H3,(H2,16,17,18,19,20). The van der Waals surface area contributed by atoms with Gasteiger partial charge in [-0.2, -0.15) is 0 Å². The molecule has 0 fully saturated rings. The van der Waals surface area contributed by atoms with Crippen LogP contribution in [-0.2, 0) is 0 Å². The summed E-state index contributed by atoms with van der Waals surface area (Å²) in [6.07, 6.45) is 0. The molecule has 0 spiro atoms. The lowest BCUT2D eigenvalue weighted by molar-refractivity contribution is 0.279. The fraction of sp³-hybridized carbons (Fsp3) is 0.400. The highest BCUT2D eigenvalue weighted by Crippen LogP contribution is 2.20. The van der Waals surface area contributed by atoms with E-state index in [1.54, 1.807) is 0 Å². The van der Waals surface area contributed by atoms with Crippen LogP contribution in [-0.4, -0.2) is 40.7 Å². The number of fused-ring (bicyclic) bond motifs is 1. The van der Waals surface area contributed by atoms with Gasteiger partial charge in [0.2, 0.25) is 11.9 Å². The van der Waals surface area contributed by atoms with Crippen molar-refractivity contribution in [2.75, 3.05) is 25.2 Å². The molecule has 21 heavy (non-hydrogen) atoms. The SMILES string of the molecule is CCN1CN=C(Nc2nc(C)c3cccc(C)c3n2)NC1. The van der Waals surface area contributed by atoms with Crippen molar-refractivity contribution in [3.05, 3.63) is 29.5 Å². The average Bonchev–Trinajstić information content (AvgIpc) is 2.49. The topological polar surface area (TPSA) is 65.4 Å². The summed E-state index contributed by atoms with van der Waals surface area (Å²) < 4.78 is 0. The maximum Gasteiger partial charge on any atom is 0.230 e. The van der Waals surface area contributed by atoms with E-state index < -0.39 is 0 Å². The van der Waals surface area contributed by atoms with Crippen LogP contribution in [0.25, 0.3) is 10.9 Å². The summed E-state index contributed by atoms with van der Waals surface area (Å²) in [6, 6.07) is 6.15. The number of rotatable bonds is 2. The molecule has 0 amide bonds. The third kappa shape index (κ3) is 2.80. The Labute approximate surface area is 124 Å². The van der Waals surface area contributed by atoms with Gasteiger partial charge < -0.3 is 5.32 Å². The van der Waals surface area contributed by atoms with Crippen LogP contribution in [0, 0.1) is 13.8 Å². The molecule has 0 atom stereocenters. The third-order valence-corrected chi connectivity index (χ3v) is 3.70. The Bertz CT molecular complexity index is 694. The number of benzene rings is 1. The van der Waals surface area contributed by atoms with Gasteiger partial charge in [0.1, 0.15) is 0 Å². The number of aryl methyl sites for hydroxylation is 2. The van der Waals surface area contributed by atoms with Gasteiger partial charge in [0.05, 0.1) is 24.5 Å². The smallest absolute Gasteiger partial charge is 0.230 e. The van der Waals surface area contributed by atoms with E-state index in [0.29, 0.717) is 12.6 Å². The number of nitrogens with one attached hydrogen (secondary N) is 2. The first-order chi connectivity index (χ1) is 10.2. The molecule has 6 heteroatoms. The predicted molar refractivity (Wildman–Crippen MR) is 85.3 cm³/mol. The molecule has 3 rings (SSSR count). The first kappa shape index (κ1) is 13.8. The minimum Gasteiger partial charge on any atom is -0.343 e. The molecule has 2 N–H and O–H groups in total. The molecule has 6 nitrogen and oxygen atoms in total. The highest BCUT2D eigenvalue weighted by molar-refractivity contribution is 5.93. The molecule has 1 aromatic carbocycles. The van der Waals surface area contributed by atoms with Gasteiger partial charge >= 0.3 is 0 Å². The number of aromatic nitrogens is 2. The summed E-state index contributed by atoms with van der Waals surface area (Å²) in [4.78, 5) is 15.8. The monoisotopic (exact) mass is 284 g/mol. The predicted octanol–water partition coefficient (Wildman–Crippen LogP) is 1.85. The second kappa shape index (κ2) is 5.65. The maximum absolute atomic E-state index is 4.61. The molecule has 0 bridgehead atoms. The van der Waals surface area contributed by atoms with E-state index >= 15 is 0 Å². The molecule has 110 valence electrons. The second-order valence-corrected chi connectivity index (χ2v) is 5.20. The number of hydrogen-bond acceptors (Lipinski definition) is 6. The summed E-state index contributed by atoms with van der Waals surface area (Å²) in [5.74, 6) is 1.32. The molecule has 0 radical (unpaired) electrons. The molecule has 2 heterocycles. The molecule has 1 aliphatic rings. The highest BCUT2D eigenvalue weighted by Gasteiger charge is 2.12. The van der Waals surface area contributed by atoms with E-state index in [1.807, 2.05) is 13.0 Å². The van der Waals surface area contributed by atoms with Crippen molar-refractivity contribution in [3.8, 4) is 0 Å². The van der Waals surface area contributed by atoms with Crippen molar-refractivity contribution >= 4 is 22.8 Å². The van der Waals surface area contributed by atoms with Crippen molar-refractivity contribution in [2.24, 2.45) is 4.99 Å². The van der Waals surface area contributed by atoms with Gasteiger partial charge in [-0.3, -0.25) is 10.2 Å². The zero-order valence-corrected chi connectivity index (χ0v) is 12.6. The zero-order chi connectivity index (χ0) is 14.8. The van der Waals surface area contributed by atoms with E-state index in [2.05, 4.69) is 56.5 Å². The van der Waals surface area contributed by atoms with Crippen molar-refractivity contribution in [2.45, 2.75) is 20.8 Å². The molecule has 1 aliphatic heterocycles. The Kier molecular flexibility index (Phi) is 3.70. The van der Waals surface area contributed by atoms with Crippen molar-refractivity contribution in [3.63, 3.8) is 0 Å². The number of anilines is 1. The summed E-state index contributed by atoms with van der Waals surface area (Å²) in [7, 11) is 0. The lowest BCUT2D eigenvalue weighted by Gasteiger charge is -2.25. The fourth-order valence-electron chi connectivity index (χ4n) is 2.37. The van der Waals surface area contributed by atoms with E-state index in [4.69, 9.17) is 0 Å². The van der Waals surface area contributed by atoms with Crippen molar-refractivity contribution < 1.29 is 0 Å². The van der Waals surface area contributed by atoms with Crippen LogP contribution in [0.3, 0.4) is 0 Å². The third-order valence-electron chi connectivity index (χ3n) is 3.70. The molecule has 0 saturated heterocycles. The van der Waals surface area contributed by atoms with Crippen LogP contribution in [0.2, 0.25) is 0 Å². The largest absolute Gasteiger partial charge is 0.343 e. The molecular formula is C15H20N6. The lowest BCUT2D eigenvalue weighted by Crippen LogP contribution is -2.45. The number of guanidine groups is 1. The van der Waals surface area contributed by atoms with E-state index in [1.165, 1.54) is 0 Å². The van der Waals surface area contributed by atoms with Crippen LogP contribution in [0.4, 0.5) is 5.95 Å². The first-order valence-corrected chi connectivity index (χ1v) is 7.19. The van der Waals surface area contributed by atoms with E-state index in [9.17, 15) is 0 Å². The highest BCUT2D eigenvalue weighted by atomic mass is 15.4. The Morgan fingerprint density at radius 1 is 1.29 bits per heavy atom. The summed E-state index contributed by atoms with van der Waals surface area (Å²) in [5, 5.41) is 7.50. The van der Waals surface area contributed by atoms with Crippen molar-refractivity contribution in [1.82, 2.24) is 20.2 Å². The quantitative estimate of drug-likeness (QED) is 0.881. The molecule has 0 unspecified atom stereocenters. The Balaban J connectivity index is 1.88. The number of para-hydroxylation sites is 1. The fourth-order valence-corrected chi connectivity index (χ4v) is 2.37. The Morgan fingerprint density at radius 2 is 2.14 bits per heavy atom. The molecule has 0 aliphatic carbocycles. The molecule has 2 aromatic rings. The summed E-state index contributed by atoms with van der Waals surface area (Å²) in [6.45, 7) is 8.64. The van der Waals surface area contributed by atoms with Gasteiger partial charge in [-0.1, -0.05) is 25.1 Å². The van der Waals surface area contributed by atoms with Gasteiger partial charge in [-0.25, -0.2) is 15.0 Å². The lowest BCUT2D eigenvalue weighted by atomic mass is 10.1. The van der Waals surface area contributed by atoms with Gasteiger partial charge in [0.25, 0.3) is 0 Å². The van der Waals surface area contributed by atoms with Gasteiger partial charge in [-0.05, 0) is 26.0 Å². The van der Waals surface area contributed by atoms with E-state index in [0.717, 1.165) is 41.3 Å². The zero-order valence-electron chi connectivity index (χ0n) is 12.6. The number of nitrogens with zero attached hydrogens (tertiary/aromatic N) is 4. The van der Waals surface area contributed by atoms with Gasteiger partial charge in [0.15, 0.2) is 0 Å². The van der Waals surface area contributed by atoms with Crippen LogP contribution in [0.5, 0.6) is 0 Å². The second-order valence-electron chi connectivity index (χ2n) is 5.20. The normalized spacial score (nSPS) is 15.7. The summed E-state index contributed by atoms with van der Waals surface area (Å²) in [5.41, 5.74) is 3.11. The summed E-state index contributed by atoms with van der Waals surface area (Å²) >= 11 is 0. The molecule has 1 aromatic heterocycles. The number of hydrogen-bond donors (Lipinski definition) is 2. The molecule has 0 saturated carbocycles. The minimum absolute atomic E-state index is 0.588. The average molecular weight is 284 g/mol. The minimum atomic E-state index is 0.588. The first-order valence-electron chi connectivity index (χ1n) is 7.19. The number of aliphatic imine (C=N–C) groups is 1. The van der Waals surface area contributed by atoms with Crippen LogP contribution < -0.4 is 10.6 Å².